The lowest BCUT2D eigenvalue weighted by atomic mass is 10.0. The summed E-state index contributed by atoms with van der Waals surface area (Å²) in [6.45, 7) is 2.14. The molecule has 0 aromatic rings. The molecule has 1 rings (SSSR count). The highest BCUT2D eigenvalue weighted by molar-refractivity contribution is 5.86. The maximum Gasteiger partial charge on any atom is 0.0598 e. The van der Waals surface area contributed by atoms with Crippen molar-refractivity contribution in [2.45, 2.75) is 39.0 Å². The molecular formula is C8H15NO. The molecule has 1 N–H and O–H groups in total. The predicted molar refractivity (Wildman–Crippen MR) is 41.5 cm³/mol. The zero-order valence-electron chi connectivity index (χ0n) is 6.51. The third kappa shape index (κ3) is 1.72. The van der Waals surface area contributed by atoms with Crippen molar-refractivity contribution >= 4 is 5.71 Å². The van der Waals surface area contributed by atoms with Crippen LogP contribution in [0.5, 0.6) is 0 Å². The van der Waals surface area contributed by atoms with Crippen molar-refractivity contribution in [3.05, 3.63) is 0 Å². The van der Waals surface area contributed by atoms with Gasteiger partial charge >= 0.3 is 0 Å². The molecule has 0 aliphatic heterocycles. The summed E-state index contributed by atoms with van der Waals surface area (Å²) in [4.78, 5) is 0. The van der Waals surface area contributed by atoms with Gasteiger partial charge in [0.2, 0.25) is 0 Å². The highest BCUT2D eigenvalue weighted by Gasteiger charge is 2.13. The highest BCUT2D eigenvalue weighted by Crippen LogP contribution is 2.19. The SMILES string of the molecule is CC1CCCCCC1=NO. The number of rotatable bonds is 0. The summed E-state index contributed by atoms with van der Waals surface area (Å²) in [5.41, 5.74) is 0.998. The first kappa shape index (κ1) is 7.58. The van der Waals surface area contributed by atoms with Gasteiger partial charge in [-0.1, -0.05) is 24.9 Å². The summed E-state index contributed by atoms with van der Waals surface area (Å²) >= 11 is 0. The molecule has 0 saturated heterocycles. The maximum absolute atomic E-state index is 8.57. The molecule has 1 atom stereocenters. The van der Waals surface area contributed by atoms with Gasteiger partial charge in [-0.3, -0.25) is 0 Å². The van der Waals surface area contributed by atoms with E-state index in [2.05, 4.69) is 12.1 Å². The van der Waals surface area contributed by atoms with E-state index in [0.717, 1.165) is 12.1 Å². The molecule has 0 bridgehead atoms. The average molecular weight is 141 g/mol. The van der Waals surface area contributed by atoms with E-state index in [1.54, 1.807) is 0 Å². The van der Waals surface area contributed by atoms with Gasteiger partial charge in [0.05, 0.1) is 5.71 Å². The van der Waals surface area contributed by atoms with Gasteiger partial charge in [-0.2, -0.15) is 0 Å². The van der Waals surface area contributed by atoms with E-state index >= 15 is 0 Å². The first-order chi connectivity index (χ1) is 4.84. The van der Waals surface area contributed by atoms with Gasteiger partial charge in [0.15, 0.2) is 0 Å². The molecule has 2 nitrogen and oxygen atoms in total. The van der Waals surface area contributed by atoms with Gasteiger partial charge in [0.1, 0.15) is 0 Å². The van der Waals surface area contributed by atoms with E-state index in [4.69, 9.17) is 5.21 Å². The molecule has 1 saturated carbocycles. The van der Waals surface area contributed by atoms with Gasteiger partial charge < -0.3 is 5.21 Å². The Labute approximate surface area is 61.9 Å². The van der Waals surface area contributed by atoms with Gasteiger partial charge in [-0.05, 0) is 25.2 Å². The third-order valence-electron chi connectivity index (χ3n) is 2.27. The normalized spacial score (nSPS) is 32.1. The van der Waals surface area contributed by atoms with E-state index < -0.39 is 0 Å². The largest absolute Gasteiger partial charge is 0.411 e. The summed E-state index contributed by atoms with van der Waals surface area (Å²) in [6.07, 6.45) is 5.98. The van der Waals surface area contributed by atoms with Crippen LogP contribution in [-0.2, 0) is 0 Å². The Morgan fingerprint density at radius 3 is 2.90 bits per heavy atom. The van der Waals surface area contributed by atoms with Gasteiger partial charge in [-0.25, -0.2) is 0 Å². The van der Waals surface area contributed by atoms with Gasteiger partial charge in [0, 0.05) is 0 Å². The molecule has 1 fully saturated rings. The fraction of sp³-hybridized carbons (Fsp3) is 0.875. The minimum absolute atomic E-state index is 0.507. The Balaban J connectivity index is 2.52. The summed E-state index contributed by atoms with van der Waals surface area (Å²) in [6, 6.07) is 0. The Bertz CT molecular complexity index is 131. The van der Waals surface area contributed by atoms with Crippen LogP contribution in [0.25, 0.3) is 0 Å². The second-order valence-electron chi connectivity index (χ2n) is 3.09. The van der Waals surface area contributed by atoms with Crippen LogP contribution < -0.4 is 0 Å². The minimum Gasteiger partial charge on any atom is -0.411 e. The van der Waals surface area contributed by atoms with Crippen LogP contribution in [0.4, 0.5) is 0 Å². The monoisotopic (exact) mass is 141 g/mol. The van der Waals surface area contributed by atoms with Crippen molar-refractivity contribution < 1.29 is 5.21 Å². The number of hydrogen-bond acceptors (Lipinski definition) is 2. The fourth-order valence-electron chi connectivity index (χ4n) is 1.49. The molecule has 1 unspecified atom stereocenters. The maximum atomic E-state index is 8.57. The van der Waals surface area contributed by atoms with Crippen molar-refractivity contribution in [3.8, 4) is 0 Å². The molecule has 2 heteroatoms. The molecule has 0 radical (unpaired) electrons. The van der Waals surface area contributed by atoms with E-state index in [1.807, 2.05) is 0 Å². The van der Waals surface area contributed by atoms with Crippen LogP contribution in [0.2, 0.25) is 0 Å². The second-order valence-corrected chi connectivity index (χ2v) is 3.09. The van der Waals surface area contributed by atoms with Gasteiger partial charge in [0.25, 0.3) is 0 Å². The lowest BCUT2D eigenvalue weighted by Gasteiger charge is -2.06. The molecule has 1 aliphatic carbocycles. The number of nitrogens with zero attached hydrogens (tertiary/aromatic N) is 1. The number of hydrogen-bond donors (Lipinski definition) is 1. The van der Waals surface area contributed by atoms with Crippen LogP contribution >= 0.6 is 0 Å². The average Bonchev–Trinajstić information content (AvgIpc) is 2.13. The van der Waals surface area contributed by atoms with Crippen LogP contribution in [-0.4, -0.2) is 10.9 Å². The van der Waals surface area contributed by atoms with Crippen LogP contribution in [0.3, 0.4) is 0 Å². The van der Waals surface area contributed by atoms with Crippen molar-refractivity contribution in [2.24, 2.45) is 11.1 Å². The van der Waals surface area contributed by atoms with Crippen LogP contribution in [0.1, 0.15) is 39.0 Å². The summed E-state index contributed by atoms with van der Waals surface area (Å²) < 4.78 is 0. The van der Waals surface area contributed by atoms with Crippen LogP contribution in [0, 0.1) is 5.92 Å². The summed E-state index contributed by atoms with van der Waals surface area (Å²) in [5, 5.41) is 11.9. The van der Waals surface area contributed by atoms with Crippen molar-refractivity contribution in [2.75, 3.05) is 0 Å². The smallest absolute Gasteiger partial charge is 0.0598 e. The Hall–Kier alpha value is -0.530. The Morgan fingerprint density at radius 2 is 2.20 bits per heavy atom. The molecule has 10 heavy (non-hydrogen) atoms. The first-order valence-electron chi connectivity index (χ1n) is 4.05. The Kier molecular flexibility index (Phi) is 2.72. The molecule has 0 spiro atoms. The fourth-order valence-corrected chi connectivity index (χ4v) is 1.49. The second kappa shape index (κ2) is 3.59. The quantitative estimate of drug-likeness (QED) is 0.313. The summed E-state index contributed by atoms with van der Waals surface area (Å²) in [7, 11) is 0. The highest BCUT2D eigenvalue weighted by atomic mass is 16.4. The lowest BCUT2D eigenvalue weighted by molar-refractivity contribution is 0.313. The molecule has 0 aromatic carbocycles. The molecule has 1 aliphatic rings. The Morgan fingerprint density at radius 1 is 1.40 bits per heavy atom. The van der Waals surface area contributed by atoms with Gasteiger partial charge in [-0.15, -0.1) is 0 Å². The molecule has 0 heterocycles. The topological polar surface area (TPSA) is 32.6 Å². The predicted octanol–water partition coefficient (Wildman–Crippen LogP) is 2.42. The zero-order valence-corrected chi connectivity index (χ0v) is 6.51. The third-order valence-corrected chi connectivity index (χ3v) is 2.27. The summed E-state index contributed by atoms with van der Waals surface area (Å²) in [5.74, 6) is 0.507. The first-order valence-corrected chi connectivity index (χ1v) is 4.05. The van der Waals surface area contributed by atoms with E-state index in [9.17, 15) is 0 Å². The lowest BCUT2D eigenvalue weighted by Crippen LogP contribution is -2.08. The van der Waals surface area contributed by atoms with Crippen molar-refractivity contribution in [3.63, 3.8) is 0 Å². The minimum atomic E-state index is 0.507. The van der Waals surface area contributed by atoms with Crippen LogP contribution in [0.15, 0.2) is 5.16 Å². The molecular weight excluding hydrogens is 126 g/mol. The van der Waals surface area contributed by atoms with Crippen molar-refractivity contribution in [1.29, 1.82) is 0 Å². The standard InChI is InChI=1S/C8H15NO/c1-7-5-3-2-4-6-8(7)9-10/h7,10H,2-6H2,1H3. The van der Waals surface area contributed by atoms with Crippen molar-refractivity contribution in [1.82, 2.24) is 0 Å². The molecule has 0 amide bonds. The molecule has 0 aromatic heterocycles. The number of oxime groups is 1. The zero-order chi connectivity index (χ0) is 7.40. The van der Waals surface area contributed by atoms with E-state index in [0.29, 0.717) is 5.92 Å². The van der Waals surface area contributed by atoms with E-state index in [1.165, 1.54) is 25.7 Å². The molecule has 58 valence electrons. The van der Waals surface area contributed by atoms with E-state index in [-0.39, 0.29) is 0 Å².